The molecular formula is C20H34O9S. The second-order valence-electron chi connectivity index (χ2n) is 7.52. The van der Waals surface area contributed by atoms with Crippen molar-refractivity contribution in [2.45, 2.75) is 96.1 Å². The van der Waals surface area contributed by atoms with Gasteiger partial charge in [-0.3, -0.25) is 23.7 Å². The number of carbonyl (C=O) groups is 4. The molecule has 1 unspecified atom stereocenters. The van der Waals surface area contributed by atoms with Crippen LogP contribution in [0.25, 0.3) is 0 Å². The minimum Gasteiger partial charge on any atom is -0.480 e. The van der Waals surface area contributed by atoms with Gasteiger partial charge in [0.05, 0.1) is 0 Å². The largest absolute Gasteiger partial charge is 0.480 e. The Hall–Kier alpha value is -1.81. The van der Waals surface area contributed by atoms with Crippen LogP contribution in [0.3, 0.4) is 0 Å². The van der Waals surface area contributed by atoms with E-state index >= 15 is 0 Å². The van der Waals surface area contributed by atoms with E-state index in [2.05, 4.69) is 0 Å². The molecule has 1 atom stereocenters. The zero-order valence-electron chi connectivity index (χ0n) is 17.8. The summed E-state index contributed by atoms with van der Waals surface area (Å²) >= 11 is 0. The van der Waals surface area contributed by atoms with Gasteiger partial charge in [0.15, 0.2) is 11.6 Å². The third-order valence-corrected chi connectivity index (χ3v) is 6.30. The predicted octanol–water partition coefficient (Wildman–Crippen LogP) is 3.26. The molecule has 30 heavy (non-hydrogen) atoms. The van der Waals surface area contributed by atoms with Crippen LogP contribution < -0.4 is 0 Å². The van der Waals surface area contributed by atoms with Crippen molar-refractivity contribution in [1.29, 1.82) is 0 Å². The molecule has 174 valence electrons. The summed E-state index contributed by atoms with van der Waals surface area (Å²) in [6.07, 6.45) is 5.69. The molecule has 0 rings (SSSR count). The van der Waals surface area contributed by atoms with Gasteiger partial charge in [-0.25, -0.2) is 0 Å². The Bertz CT molecular complexity index is 671. The smallest absolute Gasteiger partial charge is 0.326 e. The highest BCUT2D eigenvalue weighted by molar-refractivity contribution is 7.87. The van der Waals surface area contributed by atoms with Gasteiger partial charge in [0, 0.05) is 12.8 Å². The van der Waals surface area contributed by atoms with Gasteiger partial charge in [0.1, 0.15) is 0 Å². The number of rotatable bonds is 18. The van der Waals surface area contributed by atoms with Gasteiger partial charge in [0.2, 0.25) is 10.7 Å². The number of unbranched alkanes of at least 4 members (excludes halogenated alkanes) is 8. The average Bonchev–Trinajstić information content (AvgIpc) is 2.63. The summed E-state index contributed by atoms with van der Waals surface area (Å²) in [7, 11) is -5.56. The Balaban J connectivity index is 5.93. The van der Waals surface area contributed by atoms with Crippen molar-refractivity contribution in [2.75, 3.05) is 0 Å². The maximum absolute atomic E-state index is 12.9. The monoisotopic (exact) mass is 450 g/mol. The summed E-state index contributed by atoms with van der Waals surface area (Å²) in [5.41, 5.74) is -3.37. The lowest BCUT2D eigenvalue weighted by atomic mass is 9.72. The number of ketones is 2. The van der Waals surface area contributed by atoms with Gasteiger partial charge in [-0.15, -0.1) is 0 Å². The molecule has 0 bridgehead atoms. The lowest BCUT2D eigenvalue weighted by molar-refractivity contribution is -0.165. The summed E-state index contributed by atoms with van der Waals surface area (Å²) in [5.74, 6) is -7.01. The van der Waals surface area contributed by atoms with Crippen LogP contribution in [0.5, 0.6) is 0 Å². The first kappa shape index (κ1) is 28.2. The first-order chi connectivity index (χ1) is 14.0. The minimum absolute atomic E-state index is 0.190. The Morgan fingerprint density at radius 2 is 1.10 bits per heavy atom. The quantitative estimate of drug-likeness (QED) is 0.161. The molecule has 0 saturated heterocycles. The molecule has 3 N–H and O–H groups in total. The van der Waals surface area contributed by atoms with Crippen molar-refractivity contribution in [3.63, 3.8) is 0 Å². The molecule has 0 heterocycles. The molecule has 0 radical (unpaired) electrons. The molecular weight excluding hydrogens is 416 g/mol. The second kappa shape index (κ2) is 13.5. The van der Waals surface area contributed by atoms with Crippen LogP contribution in [-0.2, 0) is 29.3 Å². The van der Waals surface area contributed by atoms with Crippen LogP contribution in [0.2, 0.25) is 0 Å². The molecule has 0 fully saturated rings. The van der Waals surface area contributed by atoms with Gasteiger partial charge in [0.25, 0.3) is 10.1 Å². The van der Waals surface area contributed by atoms with E-state index in [1.807, 2.05) is 13.8 Å². The Morgan fingerprint density at radius 1 is 0.733 bits per heavy atom. The van der Waals surface area contributed by atoms with Crippen molar-refractivity contribution in [3.05, 3.63) is 0 Å². The summed E-state index contributed by atoms with van der Waals surface area (Å²) in [5, 5.41) is 16.0. The van der Waals surface area contributed by atoms with Crippen molar-refractivity contribution in [3.8, 4) is 0 Å². The summed E-state index contributed by atoms with van der Waals surface area (Å²) in [4.78, 5) is 49.5. The van der Waals surface area contributed by atoms with E-state index in [1.54, 1.807) is 0 Å². The molecule has 0 saturated carbocycles. The fraction of sp³-hybridized carbons (Fsp3) is 0.800. The lowest BCUT2D eigenvalue weighted by Crippen LogP contribution is -2.60. The summed E-state index contributed by atoms with van der Waals surface area (Å²) < 4.78 is 33.0. The van der Waals surface area contributed by atoms with Crippen LogP contribution in [-0.4, -0.2) is 51.9 Å². The molecule has 10 heteroatoms. The lowest BCUT2D eigenvalue weighted by Gasteiger charge is -2.30. The van der Waals surface area contributed by atoms with Crippen LogP contribution in [0.1, 0.15) is 90.9 Å². The number of hydrogen-bond donors (Lipinski definition) is 3. The molecule has 0 aliphatic heterocycles. The maximum Gasteiger partial charge on any atom is 0.326 e. The van der Waals surface area contributed by atoms with E-state index in [0.29, 0.717) is 12.8 Å². The van der Waals surface area contributed by atoms with Crippen LogP contribution in [0.4, 0.5) is 0 Å². The van der Waals surface area contributed by atoms with E-state index in [0.717, 1.165) is 38.5 Å². The van der Waals surface area contributed by atoms with E-state index < -0.39 is 57.1 Å². The highest BCUT2D eigenvalue weighted by atomic mass is 32.2. The molecule has 0 aliphatic carbocycles. The molecule has 0 aromatic rings. The van der Waals surface area contributed by atoms with E-state index in [-0.39, 0.29) is 12.8 Å². The second-order valence-corrected chi connectivity index (χ2v) is 9.02. The zero-order valence-corrected chi connectivity index (χ0v) is 18.6. The SMILES string of the molecule is CCCCCCCC(=O)C(C(=O)O)(C(=O)CCCCCCC)C(C(=O)O)S(=O)(=O)O. The summed E-state index contributed by atoms with van der Waals surface area (Å²) in [6, 6.07) is 0. The first-order valence-corrected chi connectivity index (χ1v) is 12.0. The number of aliphatic carboxylic acids is 2. The number of carbonyl (C=O) groups excluding carboxylic acids is 2. The fourth-order valence-electron chi connectivity index (χ4n) is 3.51. The van der Waals surface area contributed by atoms with E-state index in [9.17, 15) is 42.4 Å². The molecule has 0 aromatic carbocycles. The number of carboxylic acid groups (broad SMARTS) is 2. The van der Waals surface area contributed by atoms with Crippen molar-refractivity contribution in [2.24, 2.45) is 5.41 Å². The standard InChI is InChI=1S/C20H34O9S/c1-3-5-7-9-11-13-15(21)20(19(25)26,17(18(23)24)30(27,28)29)16(22)14-12-10-8-6-4-2/h17H,3-14H2,1-2H3,(H,23,24)(H,25,26)(H,27,28,29). The maximum atomic E-state index is 12.9. The van der Waals surface area contributed by atoms with E-state index in [1.165, 1.54) is 0 Å². The van der Waals surface area contributed by atoms with Crippen molar-refractivity contribution < 1.29 is 42.4 Å². The van der Waals surface area contributed by atoms with E-state index in [4.69, 9.17) is 0 Å². The third-order valence-electron chi connectivity index (χ3n) is 5.15. The third kappa shape index (κ3) is 7.79. The Kier molecular flexibility index (Phi) is 12.7. The molecule has 0 aliphatic rings. The molecule has 0 spiro atoms. The van der Waals surface area contributed by atoms with Gasteiger partial charge in [-0.05, 0) is 12.8 Å². The summed E-state index contributed by atoms with van der Waals surface area (Å²) in [6.45, 7) is 3.95. The first-order valence-electron chi connectivity index (χ1n) is 10.5. The fourth-order valence-corrected chi connectivity index (χ4v) is 4.57. The van der Waals surface area contributed by atoms with Crippen LogP contribution >= 0.6 is 0 Å². The van der Waals surface area contributed by atoms with Crippen LogP contribution in [0.15, 0.2) is 0 Å². The molecule has 0 amide bonds. The predicted molar refractivity (Wildman–Crippen MR) is 110 cm³/mol. The number of hydrogen-bond acceptors (Lipinski definition) is 6. The molecule has 0 aromatic heterocycles. The average molecular weight is 451 g/mol. The van der Waals surface area contributed by atoms with Crippen molar-refractivity contribution >= 4 is 33.6 Å². The zero-order chi connectivity index (χ0) is 23.4. The normalized spacial score (nSPS) is 13.0. The highest BCUT2D eigenvalue weighted by Gasteiger charge is 2.64. The van der Waals surface area contributed by atoms with Crippen LogP contribution in [0, 0.1) is 5.41 Å². The minimum atomic E-state index is -5.56. The molecule has 9 nitrogen and oxygen atoms in total. The Morgan fingerprint density at radius 3 is 1.37 bits per heavy atom. The number of Topliss-reactive ketones (excluding diaryl/α,β-unsaturated/α-hetero) is 2. The highest BCUT2D eigenvalue weighted by Crippen LogP contribution is 2.35. The van der Waals surface area contributed by atoms with Gasteiger partial charge < -0.3 is 10.2 Å². The van der Waals surface area contributed by atoms with Crippen molar-refractivity contribution in [1.82, 2.24) is 0 Å². The van der Waals surface area contributed by atoms with Gasteiger partial charge >= 0.3 is 11.9 Å². The van der Waals surface area contributed by atoms with Gasteiger partial charge in [-0.1, -0.05) is 65.2 Å². The topological polar surface area (TPSA) is 163 Å². The van der Waals surface area contributed by atoms with Gasteiger partial charge in [-0.2, -0.15) is 8.42 Å². The number of carboxylic acids is 2. The Labute approximate surface area is 178 Å².